The molecule has 174 valence electrons. The lowest BCUT2D eigenvalue weighted by Gasteiger charge is -2.10. The molecule has 0 saturated heterocycles. The number of hydrogen-bond acceptors (Lipinski definition) is 4. The number of thiazole rings is 1. The van der Waals surface area contributed by atoms with Crippen LogP contribution in [0, 0.1) is 0 Å². The molecule has 0 unspecified atom stereocenters. The van der Waals surface area contributed by atoms with Gasteiger partial charge in [0.2, 0.25) is 0 Å². The van der Waals surface area contributed by atoms with Crippen LogP contribution < -0.4 is 10.1 Å². The average Bonchev–Trinajstić information content (AvgIpc) is 3.50. The highest BCUT2D eigenvalue weighted by Crippen LogP contribution is 2.29. The molecular weight excluding hydrogens is 467 g/mol. The Bertz CT molecular complexity index is 1350. The van der Waals surface area contributed by atoms with Crippen molar-refractivity contribution >= 4 is 23.2 Å². The zero-order valence-corrected chi connectivity index (χ0v) is 18.4. The van der Waals surface area contributed by atoms with E-state index in [1.54, 1.807) is 47.2 Å². The molecule has 4 rings (SSSR count). The second kappa shape index (κ2) is 9.92. The third kappa shape index (κ3) is 5.70. The zero-order valence-electron chi connectivity index (χ0n) is 17.6. The molecule has 0 aliphatic carbocycles. The van der Waals surface area contributed by atoms with Crippen LogP contribution in [0.25, 0.3) is 0 Å². The molecule has 0 aliphatic heterocycles. The summed E-state index contributed by atoms with van der Waals surface area (Å²) in [5.41, 5.74) is 0.851. The summed E-state index contributed by atoms with van der Waals surface area (Å²) in [7, 11) is 0. The van der Waals surface area contributed by atoms with Gasteiger partial charge in [0.15, 0.2) is 10.6 Å². The molecular formula is C24H18F3N3O3S. The Morgan fingerprint density at radius 2 is 1.82 bits per heavy atom. The van der Waals surface area contributed by atoms with Crippen molar-refractivity contribution in [3.05, 3.63) is 111 Å². The van der Waals surface area contributed by atoms with E-state index in [1.165, 1.54) is 29.7 Å². The molecule has 6 nitrogen and oxygen atoms in total. The smallest absolute Gasteiger partial charge is 0.416 e. The Hall–Kier alpha value is -3.92. The predicted molar refractivity (Wildman–Crippen MR) is 119 cm³/mol. The lowest BCUT2D eigenvalue weighted by molar-refractivity contribution is -0.137. The third-order valence-electron chi connectivity index (χ3n) is 4.87. The van der Waals surface area contributed by atoms with Gasteiger partial charge in [-0.1, -0.05) is 24.3 Å². The number of furan rings is 1. The first-order chi connectivity index (χ1) is 16.3. The fourth-order valence-corrected chi connectivity index (χ4v) is 3.88. The van der Waals surface area contributed by atoms with Crippen LogP contribution in [0.2, 0.25) is 0 Å². The van der Waals surface area contributed by atoms with Crippen molar-refractivity contribution < 1.29 is 27.2 Å². The summed E-state index contributed by atoms with van der Waals surface area (Å²) >= 11 is 1.31. The molecule has 2 aromatic carbocycles. The maximum atomic E-state index is 12.8. The van der Waals surface area contributed by atoms with Gasteiger partial charge < -0.3 is 14.3 Å². The minimum atomic E-state index is -4.44. The monoisotopic (exact) mass is 485 g/mol. The summed E-state index contributed by atoms with van der Waals surface area (Å²) in [5, 5.41) is 4.44. The van der Waals surface area contributed by atoms with Crippen molar-refractivity contribution in [1.29, 1.82) is 0 Å². The summed E-state index contributed by atoms with van der Waals surface area (Å²) in [4.78, 5) is 29.2. The first kappa shape index (κ1) is 23.2. The molecule has 2 heterocycles. The Balaban J connectivity index is 1.39. The van der Waals surface area contributed by atoms with E-state index in [1.807, 2.05) is 5.38 Å². The highest BCUT2D eigenvalue weighted by Gasteiger charge is 2.30. The van der Waals surface area contributed by atoms with Crippen LogP contribution in [0.5, 0.6) is 0 Å². The summed E-state index contributed by atoms with van der Waals surface area (Å²) in [5.74, 6) is -0.721. The first-order valence-electron chi connectivity index (χ1n) is 10.1. The second-order valence-corrected chi connectivity index (χ2v) is 8.16. The lowest BCUT2D eigenvalue weighted by Crippen LogP contribution is -2.23. The highest BCUT2D eigenvalue weighted by atomic mass is 32.1. The van der Waals surface area contributed by atoms with E-state index < -0.39 is 23.6 Å². The van der Waals surface area contributed by atoms with Gasteiger partial charge in [-0.15, -0.1) is 11.3 Å². The van der Waals surface area contributed by atoms with Gasteiger partial charge in [-0.3, -0.25) is 9.59 Å². The van der Waals surface area contributed by atoms with E-state index in [-0.39, 0.29) is 12.3 Å². The van der Waals surface area contributed by atoms with E-state index in [0.29, 0.717) is 22.5 Å². The van der Waals surface area contributed by atoms with Gasteiger partial charge in [-0.25, -0.2) is 0 Å². The topological polar surface area (TPSA) is 76.6 Å². The number of aromatic nitrogens is 1. The number of benzene rings is 2. The van der Waals surface area contributed by atoms with Crippen LogP contribution in [0.15, 0.2) is 87.9 Å². The molecule has 2 aromatic heterocycles. The highest BCUT2D eigenvalue weighted by molar-refractivity contribution is 7.07. The number of nitrogens with one attached hydrogen (secondary N) is 1. The molecule has 0 radical (unpaired) electrons. The second-order valence-electron chi connectivity index (χ2n) is 7.29. The quantitative estimate of drug-likeness (QED) is 0.423. The molecule has 0 bridgehead atoms. The molecule has 0 fully saturated rings. The predicted octanol–water partition coefficient (Wildman–Crippen LogP) is 4.88. The minimum absolute atomic E-state index is 0.0240. The van der Waals surface area contributed by atoms with E-state index in [9.17, 15) is 22.8 Å². The standard InChI is InChI=1S/C24H18F3N3O3S/c25-24(26,27)19-4-1-3-17(13-19)14-28-21(31)18-8-6-16(7-9-18)15-30-10-12-34-23(30)29-22(32)20-5-2-11-33-20/h1-13H,14-15H2,(H,28,31). The van der Waals surface area contributed by atoms with Crippen LogP contribution in [-0.4, -0.2) is 16.4 Å². The van der Waals surface area contributed by atoms with Crippen LogP contribution in [-0.2, 0) is 19.3 Å². The number of alkyl halides is 3. The maximum Gasteiger partial charge on any atom is 0.416 e. The van der Waals surface area contributed by atoms with E-state index in [2.05, 4.69) is 10.3 Å². The Labute approximate surface area is 196 Å². The van der Waals surface area contributed by atoms with Gasteiger partial charge in [-0.2, -0.15) is 18.2 Å². The number of nitrogens with zero attached hydrogens (tertiary/aromatic N) is 2. The Morgan fingerprint density at radius 3 is 2.53 bits per heavy atom. The number of rotatable bonds is 6. The first-order valence-corrected chi connectivity index (χ1v) is 11.0. The average molecular weight is 485 g/mol. The van der Waals surface area contributed by atoms with Crippen LogP contribution in [0.3, 0.4) is 0 Å². The molecule has 0 aliphatic rings. The van der Waals surface area contributed by atoms with E-state index in [0.717, 1.165) is 17.7 Å². The van der Waals surface area contributed by atoms with Gasteiger partial charge in [0.25, 0.3) is 5.91 Å². The summed E-state index contributed by atoms with van der Waals surface area (Å²) in [6.45, 7) is 0.406. The number of carbonyl (C=O) groups is 2. The Morgan fingerprint density at radius 1 is 1.03 bits per heavy atom. The molecule has 0 atom stereocenters. The van der Waals surface area contributed by atoms with Gasteiger partial charge in [0.1, 0.15) is 0 Å². The number of halogens is 3. The van der Waals surface area contributed by atoms with Crippen molar-refractivity contribution in [3.63, 3.8) is 0 Å². The largest absolute Gasteiger partial charge is 0.459 e. The lowest BCUT2D eigenvalue weighted by atomic mass is 10.1. The van der Waals surface area contributed by atoms with Crippen molar-refractivity contribution in [3.8, 4) is 0 Å². The fraction of sp³-hybridized carbons (Fsp3) is 0.125. The molecule has 0 spiro atoms. The molecule has 4 aromatic rings. The molecule has 0 saturated carbocycles. The third-order valence-corrected chi connectivity index (χ3v) is 5.66. The molecule has 2 amide bonds. The normalized spacial score (nSPS) is 12.0. The number of carbonyl (C=O) groups excluding carboxylic acids is 2. The zero-order chi connectivity index (χ0) is 24.1. The van der Waals surface area contributed by atoms with Gasteiger partial charge in [-0.05, 0) is 47.5 Å². The van der Waals surface area contributed by atoms with Crippen molar-refractivity contribution in [1.82, 2.24) is 9.88 Å². The van der Waals surface area contributed by atoms with Crippen LogP contribution in [0.1, 0.15) is 37.6 Å². The summed E-state index contributed by atoms with van der Waals surface area (Å²) < 4.78 is 45.4. The fourth-order valence-electron chi connectivity index (χ4n) is 3.15. The molecule has 34 heavy (non-hydrogen) atoms. The maximum absolute atomic E-state index is 12.8. The van der Waals surface area contributed by atoms with E-state index >= 15 is 0 Å². The van der Waals surface area contributed by atoms with Crippen LogP contribution in [0.4, 0.5) is 13.2 Å². The summed E-state index contributed by atoms with van der Waals surface area (Å²) in [6.07, 6.45) is -1.23. The Kier molecular flexibility index (Phi) is 6.78. The van der Waals surface area contributed by atoms with Crippen LogP contribution >= 0.6 is 11.3 Å². The van der Waals surface area contributed by atoms with Crippen molar-refractivity contribution in [2.75, 3.05) is 0 Å². The van der Waals surface area contributed by atoms with Gasteiger partial charge in [0, 0.05) is 30.2 Å². The molecule has 1 N–H and O–H groups in total. The number of amides is 2. The number of hydrogen-bond donors (Lipinski definition) is 1. The minimum Gasteiger partial charge on any atom is -0.459 e. The summed E-state index contributed by atoms with van der Waals surface area (Å²) in [6, 6.07) is 14.8. The van der Waals surface area contributed by atoms with E-state index in [4.69, 9.17) is 4.42 Å². The van der Waals surface area contributed by atoms with Gasteiger partial charge >= 0.3 is 12.1 Å². The van der Waals surface area contributed by atoms with Gasteiger partial charge in [0.05, 0.1) is 11.8 Å². The SMILES string of the molecule is O=C(NCc1cccc(C(F)(F)F)c1)c1ccc(Cn2ccsc2=NC(=O)c2ccco2)cc1. The molecule has 10 heteroatoms. The van der Waals surface area contributed by atoms with Crippen molar-refractivity contribution in [2.24, 2.45) is 4.99 Å². The van der Waals surface area contributed by atoms with Crippen molar-refractivity contribution in [2.45, 2.75) is 19.3 Å².